The molecule has 0 unspecified atom stereocenters. The quantitative estimate of drug-likeness (QED) is 0.359. The number of sulfonamides is 1. The number of ether oxygens (including phenoxy) is 1. The predicted octanol–water partition coefficient (Wildman–Crippen LogP) is 4.37. The third-order valence-electron chi connectivity index (χ3n) is 7.18. The van der Waals surface area contributed by atoms with E-state index in [2.05, 4.69) is 0 Å². The molecule has 6 rings (SSSR count). The van der Waals surface area contributed by atoms with Gasteiger partial charge in [0.15, 0.2) is 0 Å². The number of hydrogen-bond donors (Lipinski definition) is 0. The smallest absolute Gasteiger partial charge is 0.258 e. The van der Waals surface area contributed by atoms with Gasteiger partial charge in [-0.05, 0) is 36.4 Å². The van der Waals surface area contributed by atoms with Crippen LogP contribution in [0.4, 0.5) is 10.1 Å². The van der Waals surface area contributed by atoms with Crippen LogP contribution in [0.25, 0.3) is 22.6 Å². The van der Waals surface area contributed by atoms with E-state index in [-0.39, 0.29) is 16.6 Å². The molecule has 7 nitrogen and oxygen atoms in total. The molecule has 1 fully saturated rings. The molecular weight excluding hydrogens is 505 g/mol. The van der Waals surface area contributed by atoms with Gasteiger partial charge in [-0.1, -0.05) is 36.4 Å². The molecule has 0 spiro atoms. The third-order valence-corrected chi connectivity index (χ3v) is 9.07. The number of anilines is 1. The van der Waals surface area contributed by atoms with E-state index in [9.17, 15) is 17.6 Å². The van der Waals surface area contributed by atoms with Gasteiger partial charge in [0, 0.05) is 59.5 Å². The Labute approximate surface area is 220 Å². The summed E-state index contributed by atoms with van der Waals surface area (Å²) in [5, 5.41) is 0.914. The molecule has 38 heavy (non-hydrogen) atoms. The largest absolute Gasteiger partial charge is 0.379 e. The zero-order valence-electron chi connectivity index (χ0n) is 20.8. The van der Waals surface area contributed by atoms with Crippen molar-refractivity contribution in [2.45, 2.75) is 11.4 Å². The molecule has 1 saturated heterocycles. The van der Waals surface area contributed by atoms with Crippen molar-refractivity contribution in [3.8, 4) is 0 Å². The summed E-state index contributed by atoms with van der Waals surface area (Å²) in [7, 11) is -2.05. The minimum absolute atomic E-state index is 0.147. The fourth-order valence-electron chi connectivity index (χ4n) is 5.15. The van der Waals surface area contributed by atoms with Gasteiger partial charge in [0.1, 0.15) is 5.82 Å². The van der Waals surface area contributed by atoms with E-state index in [4.69, 9.17) is 4.74 Å². The fraction of sp³-hybridized carbons (Fsp3) is 0.207. The molecule has 1 amide bonds. The second-order valence-electron chi connectivity index (χ2n) is 9.44. The number of para-hydroxylation sites is 1. The Morgan fingerprint density at radius 1 is 1.00 bits per heavy atom. The van der Waals surface area contributed by atoms with E-state index < -0.39 is 10.0 Å². The van der Waals surface area contributed by atoms with Crippen molar-refractivity contribution in [3.63, 3.8) is 0 Å². The molecule has 3 aromatic carbocycles. The first kappa shape index (κ1) is 24.5. The maximum atomic E-state index is 14.4. The highest BCUT2D eigenvalue weighted by Gasteiger charge is 2.33. The number of likely N-dealkylation sites (N-methyl/N-ethyl adjacent to an activating group) is 1. The lowest BCUT2D eigenvalue weighted by molar-refractivity contribution is -0.112. The number of aromatic nitrogens is 1. The van der Waals surface area contributed by atoms with Crippen molar-refractivity contribution < 1.29 is 22.3 Å². The zero-order chi connectivity index (χ0) is 26.4. The second kappa shape index (κ2) is 9.50. The first-order valence-electron chi connectivity index (χ1n) is 12.4. The van der Waals surface area contributed by atoms with Gasteiger partial charge in [0.25, 0.3) is 5.91 Å². The van der Waals surface area contributed by atoms with Crippen molar-refractivity contribution >= 4 is 44.2 Å². The molecule has 3 heterocycles. The number of nitrogens with zero attached hydrogens (tertiary/aromatic N) is 3. The van der Waals surface area contributed by atoms with Crippen molar-refractivity contribution in [2.75, 3.05) is 38.3 Å². The molecule has 4 aromatic rings. The molecule has 2 aliphatic heterocycles. The summed E-state index contributed by atoms with van der Waals surface area (Å²) in [6.45, 7) is 1.63. The average molecular weight is 532 g/mol. The van der Waals surface area contributed by atoms with Crippen LogP contribution in [0.1, 0.15) is 16.7 Å². The van der Waals surface area contributed by atoms with Crippen LogP contribution >= 0.6 is 0 Å². The van der Waals surface area contributed by atoms with E-state index in [1.54, 1.807) is 49.5 Å². The van der Waals surface area contributed by atoms with E-state index >= 15 is 0 Å². The van der Waals surface area contributed by atoms with Gasteiger partial charge in [0.05, 0.1) is 30.3 Å². The van der Waals surface area contributed by atoms with Gasteiger partial charge < -0.3 is 14.2 Å². The van der Waals surface area contributed by atoms with Gasteiger partial charge in [-0.3, -0.25) is 4.79 Å². The number of morpholine rings is 1. The molecule has 0 atom stereocenters. The van der Waals surface area contributed by atoms with Gasteiger partial charge in [0.2, 0.25) is 10.0 Å². The average Bonchev–Trinajstić information content (AvgIpc) is 3.40. The van der Waals surface area contributed by atoms with Crippen LogP contribution in [0.2, 0.25) is 0 Å². The van der Waals surface area contributed by atoms with Gasteiger partial charge >= 0.3 is 0 Å². The minimum Gasteiger partial charge on any atom is -0.379 e. The Kier molecular flexibility index (Phi) is 6.14. The van der Waals surface area contributed by atoms with Gasteiger partial charge in [-0.2, -0.15) is 4.31 Å². The highest BCUT2D eigenvalue weighted by molar-refractivity contribution is 7.89. The predicted molar refractivity (Wildman–Crippen MR) is 145 cm³/mol. The lowest BCUT2D eigenvalue weighted by atomic mass is 10.0. The second-order valence-corrected chi connectivity index (χ2v) is 11.4. The monoisotopic (exact) mass is 531 g/mol. The Hall–Kier alpha value is -3.79. The standard InChI is InChI=1S/C29H26FN3O4S/c1-31-27-11-10-22(38(35,36)33-12-14-37-15-13-33)17-24(27)25(29(31)34)16-21-19-32(28-9-5-3-7-23(21)28)18-20-6-2-4-8-26(20)30/h2-11,16-17,19H,12-15,18H2,1H3. The third kappa shape index (κ3) is 4.13. The normalized spacial score (nSPS) is 17.5. The minimum atomic E-state index is -3.73. The number of halogens is 1. The molecule has 1 aromatic heterocycles. The van der Waals surface area contributed by atoms with Crippen molar-refractivity contribution in [1.82, 2.24) is 8.87 Å². The van der Waals surface area contributed by atoms with Crippen LogP contribution in [-0.2, 0) is 26.1 Å². The summed E-state index contributed by atoms with van der Waals surface area (Å²) in [4.78, 5) is 15.0. The Morgan fingerprint density at radius 3 is 2.53 bits per heavy atom. The molecule has 0 N–H and O–H groups in total. The Bertz CT molecular complexity index is 1700. The first-order chi connectivity index (χ1) is 18.3. The van der Waals surface area contributed by atoms with E-state index in [1.165, 1.54) is 15.3 Å². The molecule has 0 aliphatic carbocycles. The lowest BCUT2D eigenvalue weighted by Gasteiger charge is -2.26. The van der Waals surface area contributed by atoms with E-state index in [0.717, 1.165) is 16.5 Å². The van der Waals surface area contributed by atoms with Gasteiger partial charge in [-0.15, -0.1) is 0 Å². The molecular formula is C29H26FN3O4S. The van der Waals surface area contributed by atoms with Crippen molar-refractivity contribution in [3.05, 3.63) is 95.4 Å². The van der Waals surface area contributed by atoms with E-state index in [1.807, 2.05) is 35.0 Å². The highest BCUT2D eigenvalue weighted by Crippen LogP contribution is 2.39. The zero-order valence-corrected chi connectivity index (χ0v) is 21.6. The number of benzene rings is 3. The number of fused-ring (bicyclic) bond motifs is 2. The maximum Gasteiger partial charge on any atom is 0.258 e. The molecule has 0 saturated carbocycles. The topological polar surface area (TPSA) is 71.9 Å². The van der Waals surface area contributed by atoms with Crippen LogP contribution in [0, 0.1) is 5.82 Å². The van der Waals surface area contributed by atoms with Crippen molar-refractivity contribution in [1.29, 1.82) is 0 Å². The molecule has 2 aliphatic rings. The molecule has 0 radical (unpaired) electrons. The highest BCUT2D eigenvalue weighted by atomic mass is 32.2. The van der Waals surface area contributed by atoms with Crippen LogP contribution < -0.4 is 4.90 Å². The summed E-state index contributed by atoms with van der Waals surface area (Å²) in [6, 6.07) is 19.2. The molecule has 194 valence electrons. The number of rotatable bonds is 5. The number of hydrogen-bond acceptors (Lipinski definition) is 4. The summed E-state index contributed by atoms with van der Waals surface area (Å²) in [6.07, 6.45) is 3.71. The van der Waals surface area contributed by atoms with Crippen LogP contribution in [-0.4, -0.2) is 56.5 Å². The van der Waals surface area contributed by atoms with Crippen LogP contribution in [0.3, 0.4) is 0 Å². The number of carbonyl (C=O) groups is 1. The van der Waals surface area contributed by atoms with Crippen LogP contribution in [0.15, 0.2) is 77.8 Å². The number of carbonyl (C=O) groups excluding carboxylic acids is 1. The molecule has 9 heteroatoms. The lowest BCUT2D eigenvalue weighted by Crippen LogP contribution is -2.40. The summed E-state index contributed by atoms with van der Waals surface area (Å²) >= 11 is 0. The van der Waals surface area contributed by atoms with Crippen molar-refractivity contribution in [2.24, 2.45) is 0 Å². The van der Waals surface area contributed by atoms with E-state index in [0.29, 0.717) is 55.2 Å². The maximum absolute atomic E-state index is 14.4. The summed E-state index contributed by atoms with van der Waals surface area (Å²) < 4.78 is 49.7. The fourth-order valence-corrected chi connectivity index (χ4v) is 6.59. The summed E-state index contributed by atoms with van der Waals surface area (Å²) in [5.74, 6) is -0.493. The Morgan fingerprint density at radius 2 is 1.74 bits per heavy atom. The van der Waals surface area contributed by atoms with Crippen LogP contribution in [0.5, 0.6) is 0 Å². The van der Waals surface area contributed by atoms with Gasteiger partial charge in [-0.25, -0.2) is 12.8 Å². The molecule has 0 bridgehead atoms. The summed E-state index contributed by atoms with van der Waals surface area (Å²) in [5.41, 5.74) is 3.89. The Balaban J connectivity index is 1.44. The number of amides is 1. The SMILES string of the molecule is CN1C(=O)C(=Cc2cn(Cc3ccccc3F)c3ccccc23)c2cc(S(=O)(=O)N3CCOCC3)ccc21. The first-order valence-corrected chi connectivity index (χ1v) is 13.8.